The first kappa shape index (κ1) is 16.6. The van der Waals surface area contributed by atoms with Gasteiger partial charge in [0, 0.05) is 17.1 Å². The molecule has 5 rings (SSSR count). The molecule has 0 fully saturated rings. The Morgan fingerprint density at radius 3 is 2.08 bits per heavy atom. The molecule has 0 atom stereocenters. The Labute approximate surface area is 155 Å². The van der Waals surface area contributed by atoms with Crippen LogP contribution in [0.15, 0.2) is 84.9 Å². The van der Waals surface area contributed by atoms with Crippen LogP contribution in [0.4, 0.5) is 0 Å². The predicted octanol–water partition coefficient (Wildman–Crippen LogP) is 5.63. The number of para-hydroxylation sites is 2. The van der Waals surface area contributed by atoms with Crippen molar-refractivity contribution in [3.05, 3.63) is 84.9 Å². The molecule has 0 aliphatic rings. The van der Waals surface area contributed by atoms with Crippen molar-refractivity contribution in [2.45, 2.75) is 0 Å². The number of hydrogen-bond acceptors (Lipinski definition) is 3. The Kier molecular flexibility index (Phi) is 5.21. The maximum Gasteiger partial charge on any atom is 0.132 e. The number of benzene rings is 1. The van der Waals surface area contributed by atoms with Gasteiger partial charge >= 0.3 is 0 Å². The summed E-state index contributed by atoms with van der Waals surface area (Å²) in [5, 5.41) is 0. The number of hydrogen-bond donors (Lipinski definition) is 0. The van der Waals surface area contributed by atoms with Crippen molar-refractivity contribution in [1.82, 2.24) is 9.97 Å². The zero-order valence-electron chi connectivity index (χ0n) is 12.7. The third-order valence-electron chi connectivity index (χ3n) is 3.54. The number of nitrogens with zero attached hydrogens (tertiary/aromatic N) is 2. The molecule has 4 heteroatoms. The van der Waals surface area contributed by atoms with Gasteiger partial charge in [-0.05, 0) is 17.0 Å². The summed E-state index contributed by atoms with van der Waals surface area (Å²) in [6, 6.07) is 28.4. The van der Waals surface area contributed by atoms with E-state index in [1.165, 1.54) is 10.4 Å². The summed E-state index contributed by atoms with van der Waals surface area (Å²) < 4.78 is 0. The number of aromatic nitrogens is 2. The van der Waals surface area contributed by atoms with Gasteiger partial charge in [0.2, 0.25) is 0 Å². The number of thiophene rings is 1. The quantitative estimate of drug-likeness (QED) is 0.282. The van der Waals surface area contributed by atoms with Crippen LogP contribution < -0.4 is 0 Å². The van der Waals surface area contributed by atoms with Gasteiger partial charge in [-0.1, -0.05) is 23.8 Å². The Bertz CT molecular complexity index is 945. The van der Waals surface area contributed by atoms with Crippen molar-refractivity contribution in [3.8, 4) is 10.4 Å². The van der Waals surface area contributed by atoms with E-state index in [0.717, 1.165) is 21.4 Å². The van der Waals surface area contributed by atoms with Crippen molar-refractivity contribution in [2.75, 3.05) is 0 Å². The van der Waals surface area contributed by atoms with Crippen molar-refractivity contribution < 1.29 is 17.1 Å². The molecule has 0 aliphatic carbocycles. The van der Waals surface area contributed by atoms with Gasteiger partial charge in [0.25, 0.3) is 0 Å². The maximum absolute atomic E-state index is 4.66. The van der Waals surface area contributed by atoms with E-state index in [4.69, 9.17) is 0 Å². The van der Waals surface area contributed by atoms with E-state index in [1.54, 1.807) is 11.3 Å². The molecule has 0 bridgehead atoms. The molecular formula is C20H14FeN2S-2. The average Bonchev–Trinajstić information content (AvgIpc) is 3.35. The van der Waals surface area contributed by atoms with Gasteiger partial charge in [-0.2, -0.15) is 30.3 Å². The van der Waals surface area contributed by atoms with Gasteiger partial charge in [0.15, 0.2) is 0 Å². The molecule has 0 radical (unpaired) electrons. The third kappa shape index (κ3) is 3.46. The Hall–Kier alpha value is -2.26. The Balaban J connectivity index is 0.000000245. The first-order chi connectivity index (χ1) is 11.4. The van der Waals surface area contributed by atoms with Gasteiger partial charge in [-0.25, -0.2) is 17.1 Å². The second kappa shape index (κ2) is 7.54. The van der Waals surface area contributed by atoms with E-state index < -0.39 is 0 Å². The summed E-state index contributed by atoms with van der Waals surface area (Å²) in [6.45, 7) is 0. The molecule has 3 aromatic carbocycles. The second-order valence-corrected chi connectivity index (χ2v) is 6.18. The molecule has 2 heterocycles. The van der Waals surface area contributed by atoms with Gasteiger partial charge < -0.3 is 0 Å². The summed E-state index contributed by atoms with van der Waals surface area (Å²) in [7, 11) is 0. The van der Waals surface area contributed by atoms with E-state index in [2.05, 4.69) is 40.3 Å². The van der Waals surface area contributed by atoms with Crippen LogP contribution in [0.25, 0.3) is 31.8 Å². The first-order valence-corrected chi connectivity index (χ1v) is 8.27. The normalized spacial score (nSPS) is 10.2. The molecule has 0 N–H and O–H groups in total. The summed E-state index contributed by atoms with van der Waals surface area (Å²) in [6.07, 6.45) is 0. The fourth-order valence-corrected chi connectivity index (χ4v) is 3.41. The molecule has 2 nitrogen and oxygen atoms in total. The van der Waals surface area contributed by atoms with Crippen LogP contribution in [0.3, 0.4) is 0 Å². The molecule has 2 aromatic heterocycles. The fourth-order valence-electron chi connectivity index (χ4n) is 2.43. The van der Waals surface area contributed by atoms with Gasteiger partial charge in [0.1, 0.15) is 4.83 Å². The average molecular weight is 370 g/mol. The summed E-state index contributed by atoms with van der Waals surface area (Å²) in [5.41, 5.74) is 4.14. The van der Waals surface area contributed by atoms with Crippen LogP contribution in [-0.2, 0) is 17.1 Å². The van der Waals surface area contributed by atoms with Crippen LogP contribution in [-0.4, -0.2) is 9.97 Å². The molecule has 0 aliphatic heterocycles. The SMILES string of the molecule is [Fe].c1cc[cH-]c1.c1ccc2nc3sc(-[c-]4cccc4)cc3nc2c1. The standard InChI is InChI=1S/C15H9N2S.C5H5.Fe/c1-2-6-10(5-1)14-9-13-15(18-14)17-12-8-4-3-7-11(12)16-13;1-2-4-5-3-1;/h1-9H;1-5H;/q2*-1;. The monoisotopic (exact) mass is 370 g/mol. The first-order valence-electron chi connectivity index (χ1n) is 7.45. The topological polar surface area (TPSA) is 25.8 Å². The van der Waals surface area contributed by atoms with Gasteiger partial charge in [-0.15, -0.1) is 23.5 Å². The van der Waals surface area contributed by atoms with Crippen molar-refractivity contribution >= 4 is 32.7 Å². The van der Waals surface area contributed by atoms with Crippen LogP contribution >= 0.6 is 11.3 Å². The minimum absolute atomic E-state index is 0. The van der Waals surface area contributed by atoms with Crippen LogP contribution in [0, 0.1) is 0 Å². The Morgan fingerprint density at radius 2 is 1.46 bits per heavy atom. The minimum atomic E-state index is 0. The molecule has 0 spiro atoms. The Morgan fingerprint density at radius 1 is 0.792 bits per heavy atom. The molecule has 0 unspecified atom stereocenters. The molecule has 0 saturated heterocycles. The van der Waals surface area contributed by atoms with Crippen molar-refractivity contribution in [2.24, 2.45) is 0 Å². The maximum atomic E-state index is 4.66. The van der Waals surface area contributed by atoms with Gasteiger partial charge in [-0.3, -0.25) is 4.98 Å². The number of fused-ring (bicyclic) bond motifs is 2. The molecule has 0 saturated carbocycles. The summed E-state index contributed by atoms with van der Waals surface area (Å²) >= 11 is 1.70. The second-order valence-electron chi connectivity index (χ2n) is 5.15. The number of rotatable bonds is 1. The zero-order chi connectivity index (χ0) is 15.5. The van der Waals surface area contributed by atoms with Crippen molar-refractivity contribution in [3.63, 3.8) is 0 Å². The minimum Gasteiger partial charge on any atom is -0.254 e. The fraction of sp³-hybridized carbons (Fsp3) is 0. The molecule has 0 amide bonds. The van der Waals surface area contributed by atoms with E-state index in [-0.39, 0.29) is 17.1 Å². The smallest absolute Gasteiger partial charge is 0.132 e. The van der Waals surface area contributed by atoms with Gasteiger partial charge in [0.05, 0.1) is 16.6 Å². The van der Waals surface area contributed by atoms with Crippen LogP contribution in [0.2, 0.25) is 0 Å². The molecule has 24 heavy (non-hydrogen) atoms. The molecule has 5 aromatic rings. The largest absolute Gasteiger partial charge is 0.254 e. The molecule has 120 valence electrons. The van der Waals surface area contributed by atoms with E-state index in [9.17, 15) is 0 Å². The van der Waals surface area contributed by atoms with E-state index in [0.29, 0.717) is 0 Å². The third-order valence-corrected chi connectivity index (χ3v) is 4.61. The van der Waals surface area contributed by atoms with Crippen LogP contribution in [0.1, 0.15) is 0 Å². The predicted molar refractivity (Wildman–Crippen MR) is 98.0 cm³/mol. The summed E-state index contributed by atoms with van der Waals surface area (Å²) in [4.78, 5) is 11.6. The molecular weight excluding hydrogens is 356 g/mol. The van der Waals surface area contributed by atoms with Crippen molar-refractivity contribution in [1.29, 1.82) is 0 Å². The summed E-state index contributed by atoms with van der Waals surface area (Å²) in [5.74, 6) is 0. The van der Waals surface area contributed by atoms with Crippen LogP contribution in [0.5, 0.6) is 0 Å². The van der Waals surface area contributed by atoms with E-state index >= 15 is 0 Å². The van der Waals surface area contributed by atoms with E-state index in [1.807, 2.05) is 54.6 Å². The zero-order valence-corrected chi connectivity index (χ0v) is 14.7.